The Balaban J connectivity index is 2.54. The molecule has 2 unspecified atom stereocenters. The molecular formula is C9H10BrNO2P2. The van der Waals surface area contributed by atoms with Gasteiger partial charge in [-0.2, -0.15) is 0 Å². The number of carbonyl (C=O) groups is 2. The first kappa shape index (κ1) is 12.8. The van der Waals surface area contributed by atoms with Crippen LogP contribution in [0.3, 0.4) is 0 Å². The summed E-state index contributed by atoms with van der Waals surface area (Å²) >= 11 is 3.29. The van der Waals surface area contributed by atoms with E-state index in [4.69, 9.17) is 0 Å². The molecule has 6 heteroatoms. The lowest BCUT2D eigenvalue weighted by Crippen LogP contribution is -2.25. The van der Waals surface area contributed by atoms with Crippen LogP contribution in [0.1, 0.15) is 10.4 Å². The number of halogens is 1. The second-order valence-corrected chi connectivity index (χ2v) is 5.28. The fourth-order valence-corrected chi connectivity index (χ4v) is 1.71. The van der Waals surface area contributed by atoms with Gasteiger partial charge in [0.15, 0.2) is 5.78 Å². The Morgan fingerprint density at radius 3 is 2.47 bits per heavy atom. The third-order valence-corrected chi connectivity index (χ3v) is 3.46. The number of hydrogen-bond donors (Lipinski definition) is 1. The SMILES string of the molecule is O=C(NCC(=O)c1ccc(Br)cc1)PP. The van der Waals surface area contributed by atoms with E-state index in [1.807, 2.05) is 0 Å². The van der Waals surface area contributed by atoms with E-state index in [2.05, 4.69) is 30.2 Å². The molecular weight excluding hydrogens is 296 g/mol. The number of ketones is 1. The first-order valence-electron chi connectivity index (χ1n) is 4.16. The zero-order valence-corrected chi connectivity index (χ0v) is 11.5. The van der Waals surface area contributed by atoms with Crippen LogP contribution in [0.15, 0.2) is 28.7 Å². The number of amides is 1. The molecule has 1 aromatic rings. The van der Waals surface area contributed by atoms with Crippen LogP contribution in [0.2, 0.25) is 0 Å². The maximum absolute atomic E-state index is 11.5. The number of nitrogens with one attached hydrogen (secondary N) is 1. The van der Waals surface area contributed by atoms with Crippen LogP contribution >= 0.6 is 33.1 Å². The van der Waals surface area contributed by atoms with E-state index in [0.29, 0.717) is 5.56 Å². The summed E-state index contributed by atoms with van der Waals surface area (Å²) in [7, 11) is 2.43. The molecule has 2 atom stereocenters. The quantitative estimate of drug-likeness (QED) is 0.687. The van der Waals surface area contributed by atoms with Crippen molar-refractivity contribution in [3.8, 4) is 0 Å². The molecule has 0 bridgehead atoms. The second-order valence-electron chi connectivity index (χ2n) is 2.76. The van der Waals surface area contributed by atoms with Crippen LogP contribution in [0.5, 0.6) is 0 Å². The van der Waals surface area contributed by atoms with Crippen molar-refractivity contribution in [2.75, 3.05) is 6.54 Å². The van der Waals surface area contributed by atoms with Gasteiger partial charge in [0.2, 0.25) is 5.65 Å². The lowest BCUT2D eigenvalue weighted by molar-refractivity contribution is 0.0994. The summed E-state index contributed by atoms with van der Waals surface area (Å²) in [5.41, 5.74) is 0.482. The fraction of sp³-hybridized carbons (Fsp3) is 0.111. The predicted molar refractivity (Wildman–Crippen MR) is 69.9 cm³/mol. The van der Waals surface area contributed by atoms with E-state index < -0.39 is 0 Å². The molecule has 0 aliphatic carbocycles. The minimum Gasteiger partial charge on any atom is -0.345 e. The summed E-state index contributed by atoms with van der Waals surface area (Å²) in [6, 6.07) is 7.04. The van der Waals surface area contributed by atoms with Crippen molar-refractivity contribution in [2.24, 2.45) is 0 Å². The van der Waals surface area contributed by atoms with E-state index in [1.165, 1.54) is 0 Å². The minimum absolute atomic E-state index is 0.0574. The molecule has 0 aliphatic heterocycles. The van der Waals surface area contributed by atoms with E-state index in [-0.39, 0.29) is 26.2 Å². The highest BCUT2D eigenvalue weighted by Gasteiger charge is 2.06. The van der Waals surface area contributed by atoms with Crippen molar-refractivity contribution in [1.82, 2.24) is 5.32 Å². The first-order chi connectivity index (χ1) is 7.13. The predicted octanol–water partition coefficient (Wildman–Crippen LogP) is 2.81. The van der Waals surface area contributed by atoms with Gasteiger partial charge in [-0.3, -0.25) is 9.59 Å². The molecule has 1 N–H and O–H groups in total. The Morgan fingerprint density at radius 1 is 1.33 bits per heavy atom. The number of rotatable bonds is 4. The molecule has 1 amide bonds. The average molecular weight is 306 g/mol. The molecule has 0 spiro atoms. The van der Waals surface area contributed by atoms with Gasteiger partial charge in [-0.25, -0.2) is 0 Å². The maximum atomic E-state index is 11.5. The molecule has 0 radical (unpaired) electrons. The highest BCUT2D eigenvalue weighted by Crippen LogP contribution is 2.19. The zero-order chi connectivity index (χ0) is 11.3. The summed E-state index contributed by atoms with van der Waals surface area (Å²) in [6.07, 6.45) is 0. The normalized spacial score (nSPS) is 10.5. The molecule has 1 rings (SSSR count). The lowest BCUT2D eigenvalue weighted by Gasteiger charge is -2.02. The van der Waals surface area contributed by atoms with Gasteiger partial charge in [0.25, 0.3) is 0 Å². The number of benzene rings is 1. The van der Waals surface area contributed by atoms with Crippen molar-refractivity contribution in [3.05, 3.63) is 34.3 Å². The van der Waals surface area contributed by atoms with Crippen molar-refractivity contribution in [2.45, 2.75) is 0 Å². The summed E-state index contributed by atoms with van der Waals surface area (Å²) in [5.74, 6) is -0.0842. The molecule has 3 nitrogen and oxygen atoms in total. The molecule has 15 heavy (non-hydrogen) atoms. The van der Waals surface area contributed by atoms with Gasteiger partial charge < -0.3 is 5.32 Å². The van der Waals surface area contributed by atoms with Crippen LogP contribution in [0, 0.1) is 0 Å². The molecule has 0 aliphatic rings. The van der Waals surface area contributed by atoms with Crippen molar-refractivity contribution >= 4 is 44.6 Å². The van der Waals surface area contributed by atoms with Crippen LogP contribution in [-0.2, 0) is 0 Å². The summed E-state index contributed by atoms with van der Waals surface area (Å²) in [5, 5.41) is 2.54. The smallest absolute Gasteiger partial charge is 0.242 e. The summed E-state index contributed by atoms with van der Waals surface area (Å²) < 4.78 is 0.925. The Bertz CT molecular complexity index is 367. The van der Waals surface area contributed by atoms with Crippen molar-refractivity contribution in [3.63, 3.8) is 0 Å². The highest BCUT2D eigenvalue weighted by molar-refractivity contribution is 9.10. The number of Topliss-reactive ketones (excluding diaryl/α,β-unsaturated/α-hetero) is 1. The number of carbonyl (C=O) groups excluding carboxylic acids is 2. The third kappa shape index (κ3) is 4.38. The largest absolute Gasteiger partial charge is 0.345 e. The van der Waals surface area contributed by atoms with Gasteiger partial charge in [-0.15, -0.1) is 8.93 Å². The summed E-state index contributed by atoms with van der Waals surface area (Å²) in [4.78, 5) is 22.5. The van der Waals surface area contributed by atoms with Gasteiger partial charge in [0.05, 0.1) is 6.54 Å². The van der Waals surface area contributed by atoms with Gasteiger partial charge >= 0.3 is 0 Å². The van der Waals surface area contributed by atoms with E-state index >= 15 is 0 Å². The monoisotopic (exact) mass is 305 g/mol. The molecule has 0 heterocycles. The molecule has 0 aromatic heterocycles. The van der Waals surface area contributed by atoms with Crippen LogP contribution in [0.4, 0.5) is 4.79 Å². The van der Waals surface area contributed by atoms with Crippen LogP contribution < -0.4 is 5.32 Å². The van der Waals surface area contributed by atoms with E-state index in [0.717, 1.165) is 4.47 Å². The molecule has 1 aromatic carbocycles. The zero-order valence-electron chi connectivity index (χ0n) is 7.79. The van der Waals surface area contributed by atoms with E-state index in [9.17, 15) is 9.59 Å². The average Bonchev–Trinajstić information content (AvgIpc) is 2.26. The van der Waals surface area contributed by atoms with Crippen molar-refractivity contribution in [1.29, 1.82) is 0 Å². The fourth-order valence-electron chi connectivity index (χ4n) is 0.949. The molecule has 80 valence electrons. The lowest BCUT2D eigenvalue weighted by atomic mass is 10.1. The topological polar surface area (TPSA) is 46.2 Å². The molecule has 0 fully saturated rings. The van der Waals surface area contributed by atoms with Gasteiger partial charge in [0, 0.05) is 10.0 Å². The standard InChI is InChI=1S/C9H10BrNO2P2/c10-7-3-1-6(2-4-7)8(12)5-11-9(13)15-14/h1-4,15H,5,14H2,(H,11,13). The van der Waals surface area contributed by atoms with Crippen LogP contribution in [-0.4, -0.2) is 18.0 Å². The van der Waals surface area contributed by atoms with Crippen molar-refractivity contribution < 1.29 is 9.59 Å². The van der Waals surface area contributed by atoms with Crippen LogP contribution in [0.25, 0.3) is 0 Å². The molecule has 0 saturated heterocycles. The Labute approximate surface area is 100 Å². The molecule has 0 saturated carbocycles. The minimum atomic E-state index is -0.120. The van der Waals surface area contributed by atoms with Gasteiger partial charge in [-0.05, 0) is 20.4 Å². The van der Waals surface area contributed by atoms with Gasteiger partial charge in [-0.1, -0.05) is 28.1 Å². The van der Waals surface area contributed by atoms with E-state index in [1.54, 1.807) is 24.3 Å². The van der Waals surface area contributed by atoms with Gasteiger partial charge in [0.1, 0.15) is 0 Å². The number of hydrogen-bond acceptors (Lipinski definition) is 2. The first-order valence-corrected chi connectivity index (χ1v) is 7.77. The second kappa shape index (κ2) is 6.32. The highest BCUT2D eigenvalue weighted by atomic mass is 79.9. The Kier molecular flexibility index (Phi) is 5.38. The third-order valence-electron chi connectivity index (χ3n) is 1.71. The Morgan fingerprint density at radius 2 is 1.93 bits per heavy atom. The summed E-state index contributed by atoms with van der Waals surface area (Å²) in [6.45, 7) is 0.0574. The Hall–Kier alpha value is -0.300. The maximum Gasteiger partial charge on any atom is 0.242 e.